The van der Waals surface area contributed by atoms with E-state index in [9.17, 15) is 9.18 Å². The van der Waals surface area contributed by atoms with Crippen LogP contribution in [0.15, 0.2) is 23.9 Å². The topological polar surface area (TPSA) is 41.6 Å². The van der Waals surface area contributed by atoms with Crippen molar-refractivity contribution in [3.63, 3.8) is 0 Å². The van der Waals surface area contributed by atoms with Crippen molar-refractivity contribution in [2.45, 2.75) is 84.7 Å². The van der Waals surface area contributed by atoms with Crippen LogP contribution in [0, 0.1) is 5.82 Å². The van der Waals surface area contributed by atoms with Gasteiger partial charge >= 0.3 is 6.09 Å². The summed E-state index contributed by atoms with van der Waals surface area (Å²) in [6.45, 7) is 7.41. The highest BCUT2D eigenvalue weighted by Gasteiger charge is 2.28. The van der Waals surface area contributed by atoms with Gasteiger partial charge in [0.05, 0.1) is 0 Å². The molecule has 2 aliphatic heterocycles. The van der Waals surface area contributed by atoms with Crippen molar-refractivity contribution < 1.29 is 13.9 Å². The maximum absolute atomic E-state index is 14.3. The number of carbonyl (C=O) groups is 1. The number of carbonyl (C=O) groups excluding carboxylic acids is 1. The van der Waals surface area contributed by atoms with E-state index in [1.807, 2.05) is 33.0 Å². The first-order valence-electron chi connectivity index (χ1n) is 11.3. The zero-order valence-corrected chi connectivity index (χ0v) is 18.4. The molecule has 2 saturated carbocycles. The van der Waals surface area contributed by atoms with Gasteiger partial charge in [-0.2, -0.15) is 0 Å². The third-order valence-corrected chi connectivity index (χ3v) is 5.79. The van der Waals surface area contributed by atoms with Crippen LogP contribution < -0.4 is 5.32 Å². The highest BCUT2D eigenvalue weighted by Crippen LogP contribution is 2.44. The fourth-order valence-electron chi connectivity index (χ4n) is 3.98. The summed E-state index contributed by atoms with van der Waals surface area (Å²) in [6.07, 6.45) is 11.9. The lowest BCUT2D eigenvalue weighted by Gasteiger charge is -2.29. The molecule has 0 aromatic heterocycles. The van der Waals surface area contributed by atoms with Gasteiger partial charge in [0.15, 0.2) is 0 Å². The van der Waals surface area contributed by atoms with Crippen molar-refractivity contribution in [1.29, 1.82) is 0 Å². The van der Waals surface area contributed by atoms with E-state index in [0.29, 0.717) is 5.92 Å². The van der Waals surface area contributed by atoms with Gasteiger partial charge in [-0.15, -0.1) is 0 Å². The Morgan fingerprint density at radius 3 is 2.39 bits per heavy atom. The van der Waals surface area contributed by atoms with E-state index in [0.717, 1.165) is 55.6 Å². The highest BCUT2D eigenvalue weighted by molar-refractivity contribution is 5.81. The number of piperidine rings is 1. The van der Waals surface area contributed by atoms with E-state index < -0.39 is 0 Å². The first-order chi connectivity index (χ1) is 14.3. The van der Waals surface area contributed by atoms with E-state index in [4.69, 9.17) is 4.74 Å². The second kappa shape index (κ2) is 9.46. The largest absolute Gasteiger partial charge is 0.444 e. The van der Waals surface area contributed by atoms with E-state index in [2.05, 4.69) is 11.4 Å². The minimum Gasteiger partial charge on any atom is -0.444 e. The van der Waals surface area contributed by atoms with Gasteiger partial charge in [-0.25, -0.2) is 9.18 Å². The highest BCUT2D eigenvalue weighted by atomic mass is 19.1. The number of rotatable bonds is 1. The van der Waals surface area contributed by atoms with Crippen LogP contribution in [0.2, 0.25) is 0 Å². The second-order valence-corrected chi connectivity index (χ2v) is 9.73. The molecular weight excluding hydrogens is 391 g/mol. The number of hydrogen-bond donors (Lipinski definition) is 1. The molecule has 5 rings (SSSR count). The van der Waals surface area contributed by atoms with Crippen molar-refractivity contribution in [3.05, 3.63) is 46.4 Å². The van der Waals surface area contributed by atoms with E-state index in [1.165, 1.54) is 30.4 Å². The lowest BCUT2D eigenvalue weighted by molar-refractivity contribution is 0.0216. The molecule has 31 heavy (non-hydrogen) atoms. The van der Waals surface area contributed by atoms with Crippen molar-refractivity contribution in [3.8, 4) is 0 Å². The number of allylic oxidation sites excluding steroid dienone is 1. The molecule has 0 atom stereocenters. The summed E-state index contributed by atoms with van der Waals surface area (Å²) in [5.41, 5.74) is 5.00. The number of nitrogens with one attached hydrogen (secondary N) is 1. The van der Waals surface area contributed by atoms with Crippen LogP contribution in [-0.2, 0) is 4.74 Å². The number of ether oxygens (including phenoxy) is 1. The van der Waals surface area contributed by atoms with Gasteiger partial charge in [-0.05, 0) is 100 Å². The molecule has 0 radical (unpaired) electrons. The fraction of sp³-hybridized carbons (Fsp3) is 0.577. The molecule has 2 heterocycles. The molecule has 5 heteroatoms. The van der Waals surface area contributed by atoms with Crippen LogP contribution in [0.4, 0.5) is 9.18 Å². The number of fused-ring (bicyclic) bond motifs is 1. The molecule has 1 aromatic carbocycles. The lowest BCUT2D eigenvalue weighted by Crippen LogP contribution is -2.39. The van der Waals surface area contributed by atoms with Gasteiger partial charge in [0.2, 0.25) is 0 Å². The van der Waals surface area contributed by atoms with Crippen LogP contribution >= 0.6 is 0 Å². The summed E-state index contributed by atoms with van der Waals surface area (Å²) in [4.78, 5) is 13.3. The molecule has 0 bridgehead atoms. The molecule has 170 valence electrons. The average Bonchev–Trinajstić information content (AvgIpc) is 3.60. The number of nitrogens with zero attached hydrogens (tertiary/aromatic N) is 1. The first-order valence-corrected chi connectivity index (χ1v) is 11.3. The van der Waals surface area contributed by atoms with E-state index >= 15 is 0 Å². The summed E-state index contributed by atoms with van der Waals surface area (Å²) in [5, 5.41) is 3.20. The number of likely N-dealkylation sites (tertiary alicyclic amines) is 1. The lowest BCUT2D eigenvalue weighted by atomic mass is 9.96. The molecule has 1 N–H and O–H groups in total. The normalized spacial score (nSPS) is 19.4. The molecular formula is C26H37FN2O2. The fourth-order valence-corrected chi connectivity index (χ4v) is 3.98. The number of halogens is 1. The molecule has 0 unspecified atom stereocenters. The molecule has 4 aliphatic rings. The maximum atomic E-state index is 14.3. The molecule has 0 spiro atoms. The van der Waals surface area contributed by atoms with Gasteiger partial charge in [0, 0.05) is 30.5 Å². The standard InChI is InChI=1S/C15H14FN.C10H19NO2.CH4/c16-13-8-12(9-1-2-9)7-11-5-6-17-15(14(11)13)10-3-4-10;1-10(2,3)13-9(12)11-7-5-4-6-8-11;/h5-9,17H,1-4H2;4-8H2,1-3H3;1H4. The van der Waals surface area contributed by atoms with Crippen LogP contribution in [0.3, 0.4) is 0 Å². The second-order valence-electron chi connectivity index (χ2n) is 9.73. The van der Waals surface area contributed by atoms with Crippen LogP contribution in [0.25, 0.3) is 11.8 Å². The number of benzene rings is 1. The minimum absolute atomic E-state index is 0. The monoisotopic (exact) mass is 428 g/mol. The molecule has 1 saturated heterocycles. The van der Waals surface area contributed by atoms with Crippen molar-refractivity contribution in [2.75, 3.05) is 13.1 Å². The molecule has 4 nitrogen and oxygen atoms in total. The Labute approximate surface area is 186 Å². The summed E-state index contributed by atoms with van der Waals surface area (Å²) in [7, 11) is 0. The smallest absolute Gasteiger partial charge is 0.410 e. The van der Waals surface area contributed by atoms with Crippen molar-refractivity contribution >= 4 is 17.9 Å². The van der Waals surface area contributed by atoms with Gasteiger partial charge in [-0.1, -0.05) is 13.5 Å². The van der Waals surface area contributed by atoms with Gasteiger partial charge < -0.3 is 15.0 Å². The molecule has 1 amide bonds. The number of amides is 1. The first kappa shape index (κ1) is 23.4. The quantitative estimate of drug-likeness (QED) is 0.533. The predicted molar refractivity (Wildman–Crippen MR) is 125 cm³/mol. The molecule has 3 fully saturated rings. The average molecular weight is 429 g/mol. The molecule has 1 aromatic rings. The Morgan fingerprint density at radius 2 is 1.81 bits per heavy atom. The Bertz CT molecular complexity index is 866. The molecule has 2 aliphatic carbocycles. The van der Waals surface area contributed by atoms with Gasteiger partial charge in [0.1, 0.15) is 11.4 Å². The predicted octanol–water partition coefficient (Wildman–Crippen LogP) is 6.83. The Morgan fingerprint density at radius 1 is 1.13 bits per heavy atom. The Hall–Kier alpha value is -2.30. The summed E-state index contributed by atoms with van der Waals surface area (Å²) >= 11 is 0. The van der Waals surface area contributed by atoms with Gasteiger partial charge in [0.25, 0.3) is 0 Å². The van der Waals surface area contributed by atoms with E-state index in [-0.39, 0.29) is 24.9 Å². The van der Waals surface area contributed by atoms with Crippen LogP contribution in [0.1, 0.15) is 95.8 Å². The Kier molecular flexibility index (Phi) is 7.13. The SMILES string of the molecule is C.CC(C)(C)OC(=O)N1CCCCC1.Fc1cc(C2CC2)cc2c1C(=C1CC1)NC=C2. The van der Waals surface area contributed by atoms with Gasteiger partial charge in [-0.3, -0.25) is 0 Å². The van der Waals surface area contributed by atoms with Crippen molar-refractivity contribution in [2.24, 2.45) is 0 Å². The zero-order valence-electron chi connectivity index (χ0n) is 18.4. The Balaban J connectivity index is 0.000000177. The summed E-state index contributed by atoms with van der Waals surface area (Å²) in [5.74, 6) is 0.547. The summed E-state index contributed by atoms with van der Waals surface area (Å²) in [6, 6.07) is 3.90. The zero-order chi connectivity index (χ0) is 21.3. The maximum Gasteiger partial charge on any atom is 0.410 e. The summed E-state index contributed by atoms with van der Waals surface area (Å²) < 4.78 is 19.5. The number of hydrogen-bond acceptors (Lipinski definition) is 3. The third kappa shape index (κ3) is 6.11. The van der Waals surface area contributed by atoms with Crippen LogP contribution in [-0.4, -0.2) is 29.7 Å². The minimum atomic E-state index is -0.367. The van der Waals surface area contributed by atoms with Crippen molar-refractivity contribution in [1.82, 2.24) is 10.2 Å². The third-order valence-electron chi connectivity index (χ3n) is 5.79. The van der Waals surface area contributed by atoms with Crippen LogP contribution in [0.5, 0.6) is 0 Å². The van der Waals surface area contributed by atoms with E-state index in [1.54, 1.807) is 11.0 Å².